The van der Waals surface area contributed by atoms with Crippen molar-refractivity contribution in [2.24, 2.45) is 5.73 Å². The summed E-state index contributed by atoms with van der Waals surface area (Å²) in [5, 5.41) is 0. The lowest BCUT2D eigenvalue weighted by Gasteiger charge is -2.26. The Balaban J connectivity index is 1.71. The number of carbonyl (C=O) groups excluding carboxylic acids is 1. The number of methoxy groups -OCH3 is 1. The van der Waals surface area contributed by atoms with Gasteiger partial charge in [-0.25, -0.2) is 0 Å². The molecule has 0 radical (unpaired) electrons. The number of ether oxygens (including phenoxy) is 1. The van der Waals surface area contributed by atoms with Gasteiger partial charge < -0.3 is 15.4 Å². The molecule has 0 aliphatic heterocycles. The van der Waals surface area contributed by atoms with Gasteiger partial charge in [0.15, 0.2) is 0 Å². The molecule has 2 N–H and O–H groups in total. The van der Waals surface area contributed by atoms with E-state index in [9.17, 15) is 4.79 Å². The molecule has 0 unspecified atom stereocenters. The van der Waals surface area contributed by atoms with Crippen molar-refractivity contribution >= 4 is 5.91 Å². The molecule has 4 heteroatoms. The first kappa shape index (κ1) is 24.5. The number of unbranched alkanes of at least 4 members (excludes halogenated alkanes) is 1. The van der Waals surface area contributed by atoms with Gasteiger partial charge in [0.1, 0.15) is 5.75 Å². The van der Waals surface area contributed by atoms with Gasteiger partial charge in [0.05, 0.1) is 7.11 Å². The molecule has 0 saturated carbocycles. The summed E-state index contributed by atoms with van der Waals surface area (Å²) in [5.74, 6) is 1.33. The molecule has 0 aliphatic carbocycles. The van der Waals surface area contributed by atoms with Crippen LogP contribution in [0.15, 0.2) is 84.9 Å². The zero-order valence-electron chi connectivity index (χ0n) is 19.7. The van der Waals surface area contributed by atoms with E-state index in [2.05, 4.69) is 60.7 Å². The number of amides is 1. The summed E-state index contributed by atoms with van der Waals surface area (Å²) in [6.45, 7) is 2.07. The fourth-order valence-electron chi connectivity index (χ4n) is 4.18. The highest BCUT2D eigenvalue weighted by Crippen LogP contribution is 2.28. The standard InChI is InChI=1S/C29H36N2O2/c1-33-27-17-15-24(16-18-27)19-22-31(29(32)14-8-9-21-30)23-20-28(25-10-4-2-5-11-25)26-12-6-3-7-13-26/h2-7,10-13,15-18,28H,8-9,14,19-23,30H2,1H3. The molecule has 33 heavy (non-hydrogen) atoms. The highest BCUT2D eigenvalue weighted by atomic mass is 16.5. The molecule has 0 heterocycles. The third-order valence-electron chi connectivity index (χ3n) is 6.12. The van der Waals surface area contributed by atoms with Crippen LogP contribution in [0.3, 0.4) is 0 Å². The van der Waals surface area contributed by atoms with Crippen LogP contribution in [0.4, 0.5) is 0 Å². The third-order valence-corrected chi connectivity index (χ3v) is 6.12. The van der Waals surface area contributed by atoms with Crippen molar-refractivity contribution in [2.45, 2.75) is 38.0 Å². The van der Waals surface area contributed by atoms with Crippen LogP contribution >= 0.6 is 0 Å². The highest BCUT2D eigenvalue weighted by molar-refractivity contribution is 5.76. The lowest BCUT2D eigenvalue weighted by atomic mass is 9.88. The Kier molecular flexibility index (Phi) is 9.99. The van der Waals surface area contributed by atoms with Crippen molar-refractivity contribution in [2.75, 3.05) is 26.7 Å². The largest absolute Gasteiger partial charge is 0.497 e. The predicted molar refractivity (Wildman–Crippen MR) is 136 cm³/mol. The number of carbonyl (C=O) groups is 1. The summed E-state index contributed by atoms with van der Waals surface area (Å²) in [6, 6.07) is 29.3. The van der Waals surface area contributed by atoms with Crippen LogP contribution in [0.2, 0.25) is 0 Å². The highest BCUT2D eigenvalue weighted by Gasteiger charge is 2.19. The van der Waals surface area contributed by atoms with Crippen LogP contribution < -0.4 is 10.5 Å². The Morgan fingerprint density at radius 2 is 1.45 bits per heavy atom. The predicted octanol–water partition coefficient (Wildman–Crippen LogP) is 5.42. The van der Waals surface area contributed by atoms with Crippen LogP contribution in [0, 0.1) is 0 Å². The fraction of sp³-hybridized carbons (Fsp3) is 0.345. The maximum Gasteiger partial charge on any atom is 0.222 e. The molecular formula is C29H36N2O2. The van der Waals surface area contributed by atoms with Gasteiger partial charge in [-0.2, -0.15) is 0 Å². The van der Waals surface area contributed by atoms with Crippen LogP contribution in [-0.2, 0) is 11.2 Å². The molecule has 4 nitrogen and oxygen atoms in total. The summed E-state index contributed by atoms with van der Waals surface area (Å²) in [4.78, 5) is 15.1. The number of benzene rings is 3. The van der Waals surface area contributed by atoms with E-state index in [1.54, 1.807) is 7.11 Å². The molecule has 0 saturated heterocycles. The Bertz CT molecular complexity index is 903. The number of nitrogens with zero attached hydrogens (tertiary/aromatic N) is 1. The van der Waals surface area contributed by atoms with Crippen molar-refractivity contribution in [1.82, 2.24) is 4.90 Å². The molecule has 3 rings (SSSR count). The first-order valence-corrected chi connectivity index (χ1v) is 11.9. The topological polar surface area (TPSA) is 55.6 Å². The van der Waals surface area contributed by atoms with E-state index >= 15 is 0 Å². The first-order chi connectivity index (χ1) is 16.2. The Labute approximate surface area is 198 Å². The van der Waals surface area contributed by atoms with E-state index in [1.165, 1.54) is 16.7 Å². The summed E-state index contributed by atoms with van der Waals surface area (Å²) < 4.78 is 5.26. The fourth-order valence-corrected chi connectivity index (χ4v) is 4.18. The van der Waals surface area contributed by atoms with E-state index in [-0.39, 0.29) is 11.8 Å². The average Bonchev–Trinajstić information content (AvgIpc) is 2.87. The second kappa shape index (κ2) is 13.4. The zero-order chi connectivity index (χ0) is 23.3. The second-order valence-electron chi connectivity index (χ2n) is 8.39. The van der Waals surface area contributed by atoms with Gasteiger partial charge in [0, 0.05) is 25.4 Å². The van der Waals surface area contributed by atoms with E-state index in [0.29, 0.717) is 19.5 Å². The molecule has 1 amide bonds. The van der Waals surface area contributed by atoms with Crippen LogP contribution in [0.5, 0.6) is 5.75 Å². The molecule has 0 atom stereocenters. The van der Waals surface area contributed by atoms with Crippen molar-refractivity contribution in [3.8, 4) is 5.75 Å². The van der Waals surface area contributed by atoms with Gasteiger partial charge in [-0.1, -0.05) is 72.8 Å². The lowest BCUT2D eigenvalue weighted by Crippen LogP contribution is -2.34. The van der Waals surface area contributed by atoms with E-state index in [0.717, 1.165) is 38.0 Å². The number of hydrogen-bond acceptors (Lipinski definition) is 3. The Hall–Kier alpha value is -3.11. The normalized spacial score (nSPS) is 10.9. The van der Waals surface area contributed by atoms with Crippen LogP contribution in [-0.4, -0.2) is 37.6 Å². The lowest BCUT2D eigenvalue weighted by molar-refractivity contribution is -0.131. The molecule has 3 aromatic carbocycles. The maximum atomic E-state index is 13.1. The van der Waals surface area contributed by atoms with E-state index < -0.39 is 0 Å². The van der Waals surface area contributed by atoms with Gasteiger partial charge in [-0.3, -0.25) is 4.79 Å². The molecule has 0 aromatic heterocycles. The van der Waals surface area contributed by atoms with Crippen molar-refractivity contribution in [3.05, 3.63) is 102 Å². The van der Waals surface area contributed by atoms with Gasteiger partial charge in [-0.05, 0) is 61.1 Å². The third kappa shape index (κ3) is 7.76. The Morgan fingerprint density at radius 3 is 2.00 bits per heavy atom. The smallest absolute Gasteiger partial charge is 0.222 e. The van der Waals surface area contributed by atoms with Crippen LogP contribution in [0.25, 0.3) is 0 Å². The van der Waals surface area contributed by atoms with Gasteiger partial charge in [-0.15, -0.1) is 0 Å². The quantitative estimate of drug-likeness (QED) is 0.358. The SMILES string of the molecule is COc1ccc(CCN(CCC(c2ccccc2)c2ccccc2)C(=O)CCCCN)cc1. The summed E-state index contributed by atoms with van der Waals surface area (Å²) in [7, 11) is 1.67. The molecule has 0 aliphatic rings. The second-order valence-corrected chi connectivity index (χ2v) is 8.39. The van der Waals surface area contributed by atoms with Crippen molar-refractivity contribution in [1.29, 1.82) is 0 Å². The summed E-state index contributed by atoms with van der Waals surface area (Å²) in [6.07, 6.45) is 4.00. The molecule has 0 bridgehead atoms. The number of nitrogens with two attached hydrogens (primary N) is 1. The molecule has 0 spiro atoms. The first-order valence-electron chi connectivity index (χ1n) is 11.9. The number of rotatable bonds is 13. The number of hydrogen-bond donors (Lipinski definition) is 1. The van der Waals surface area contributed by atoms with Gasteiger partial charge in [0.25, 0.3) is 0 Å². The van der Waals surface area contributed by atoms with Crippen LogP contribution in [0.1, 0.15) is 48.3 Å². The average molecular weight is 445 g/mol. The monoisotopic (exact) mass is 444 g/mol. The van der Waals surface area contributed by atoms with E-state index in [4.69, 9.17) is 10.5 Å². The molecule has 3 aromatic rings. The molecule has 174 valence electrons. The molecule has 0 fully saturated rings. The minimum absolute atomic E-state index is 0.219. The van der Waals surface area contributed by atoms with Gasteiger partial charge >= 0.3 is 0 Å². The Morgan fingerprint density at radius 1 is 0.848 bits per heavy atom. The van der Waals surface area contributed by atoms with Gasteiger partial charge in [0.2, 0.25) is 5.91 Å². The maximum absolute atomic E-state index is 13.1. The van der Waals surface area contributed by atoms with Crippen molar-refractivity contribution in [3.63, 3.8) is 0 Å². The van der Waals surface area contributed by atoms with E-state index in [1.807, 2.05) is 29.2 Å². The minimum atomic E-state index is 0.219. The summed E-state index contributed by atoms with van der Waals surface area (Å²) in [5.41, 5.74) is 9.42. The minimum Gasteiger partial charge on any atom is -0.497 e. The summed E-state index contributed by atoms with van der Waals surface area (Å²) >= 11 is 0. The van der Waals surface area contributed by atoms with Crippen molar-refractivity contribution < 1.29 is 9.53 Å². The zero-order valence-corrected chi connectivity index (χ0v) is 19.7. The molecular weight excluding hydrogens is 408 g/mol.